The minimum absolute atomic E-state index is 0.304. The zero-order valence-electron chi connectivity index (χ0n) is 20.4. The summed E-state index contributed by atoms with van der Waals surface area (Å²) in [5.41, 5.74) is 0. The maximum absolute atomic E-state index is 12.2. The van der Waals surface area contributed by atoms with Crippen molar-refractivity contribution < 1.29 is 19.1 Å². The van der Waals surface area contributed by atoms with E-state index in [1.165, 1.54) is 57.8 Å². The molecule has 1 atom stereocenters. The van der Waals surface area contributed by atoms with Crippen molar-refractivity contribution in [3.05, 3.63) is 12.2 Å². The van der Waals surface area contributed by atoms with Gasteiger partial charge in [-0.05, 0) is 44.9 Å². The molecule has 0 aliphatic heterocycles. The maximum atomic E-state index is 12.2. The van der Waals surface area contributed by atoms with E-state index < -0.39 is 11.9 Å². The fourth-order valence-electron chi connectivity index (χ4n) is 3.69. The van der Waals surface area contributed by atoms with E-state index in [4.69, 9.17) is 4.74 Å². The molecule has 31 heavy (non-hydrogen) atoms. The molecule has 0 bridgehead atoms. The highest BCUT2D eigenvalue weighted by Crippen LogP contribution is 2.17. The summed E-state index contributed by atoms with van der Waals surface area (Å²) in [7, 11) is 0. The lowest BCUT2D eigenvalue weighted by Gasteiger charge is -2.13. The van der Waals surface area contributed by atoms with Crippen LogP contribution in [-0.4, -0.2) is 18.2 Å². The predicted molar refractivity (Wildman–Crippen MR) is 129 cm³/mol. The Morgan fingerprint density at radius 3 is 1.81 bits per heavy atom. The van der Waals surface area contributed by atoms with Crippen LogP contribution < -0.4 is 0 Å². The van der Waals surface area contributed by atoms with E-state index in [2.05, 4.69) is 26.0 Å². The van der Waals surface area contributed by atoms with E-state index in [-0.39, 0.29) is 5.92 Å². The van der Waals surface area contributed by atoms with E-state index >= 15 is 0 Å². The van der Waals surface area contributed by atoms with Crippen LogP contribution >= 0.6 is 0 Å². The molecule has 0 aromatic rings. The molecule has 0 amide bonds. The number of unbranched alkanes of at least 4 members (excludes halogenated alkanes) is 12. The molecule has 0 aliphatic rings. The fourth-order valence-corrected chi connectivity index (χ4v) is 3.69. The van der Waals surface area contributed by atoms with Gasteiger partial charge >= 0.3 is 11.9 Å². The molecular weight excluding hydrogens is 388 g/mol. The van der Waals surface area contributed by atoms with Gasteiger partial charge in [0.25, 0.3) is 0 Å². The summed E-state index contributed by atoms with van der Waals surface area (Å²) in [4.78, 5) is 34.7. The number of carbonyl (C=O) groups excluding carboxylic acids is 3. The van der Waals surface area contributed by atoms with Crippen LogP contribution in [0, 0.1) is 5.92 Å². The van der Waals surface area contributed by atoms with E-state index in [0.29, 0.717) is 25.7 Å². The number of ether oxygens (including phenoxy) is 1. The summed E-state index contributed by atoms with van der Waals surface area (Å²) in [6.45, 7) is 4.31. The number of allylic oxidation sites excluding steroid dienone is 2. The molecule has 4 nitrogen and oxygen atoms in total. The first kappa shape index (κ1) is 29.5. The Morgan fingerprint density at radius 1 is 0.677 bits per heavy atom. The Balaban J connectivity index is 3.64. The van der Waals surface area contributed by atoms with Gasteiger partial charge in [0.15, 0.2) is 0 Å². The number of carbonyl (C=O) groups is 3. The predicted octanol–water partition coefficient (Wildman–Crippen LogP) is 7.88. The third-order valence-electron chi connectivity index (χ3n) is 5.73. The summed E-state index contributed by atoms with van der Waals surface area (Å²) in [6.07, 6.45) is 24.9. The van der Waals surface area contributed by atoms with Crippen LogP contribution in [-0.2, 0) is 19.1 Å². The zero-order valence-corrected chi connectivity index (χ0v) is 20.4. The molecule has 0 N–H and O–H groups in total. The molecule has 0 fully saturated rings. The Kier molecular flexibility index (Phi) is 22.1. The first-order chi connectivity index (χ1) is 15.2. The first-order valence-electron chi connectivity index (χ1n) is 13.0. The second-order valence-electron chi connectivity index (χ2n) is 8.71. The van der Waals surface area contributed by atoms with Gasteiger partial charge in [0.2, 0.25) is 0 Å². The fraction of sp³-hybridized carbons (Fsp3) is 0.815. The van der Waals surface area contributed by atoms with Crippen molar-refractivity contribution in [3.63, 3.8) is 0 Å². The number of esters is 2. The Labute approximate surface area is 191 Å². The second kappa shape index (κ2) is 23.2. The number of hydrogen-bond donors (Lipinski definition) is 0. The van der Waals surface area contributed by atoms with Gasteiger partial charge in [-0.3, -0.25) is 9.59 Å². The molecule has 0 radical (unpaired) electrons. The van der Waals surface area contributed by atoms with Gasteiger partial charge in [0.1, 0.15) is 6.29 Å². The topological polar surface area (TPSA) is 60.4 Å². The van der Waals surface area contributed by atoms with Crippen molar-refractivity contribution in [1.82, 2.24) is 0 Å². The summed E-state index contributed by atoms with van der Waals surface area (Å²) in [6, 6.07) is 0. The minimum atomic E-state index is -0.451. The number of hydrogen-bond acceptors (Lipinski definition) is 4. The van der Waals surface area contributed by atoms with Crippen LogP contribution in [0.5, 0.6) is 0 Å². The summed E-state index contributed by atoms with van der Waals surface area (Å²) >= 11 is 0. The third kappa shape index (κ3) is 20.2. The monoisotopic (exact) mass is 436 g/mol. The summed E-state index contributed by atoms with van der Waals surface area (Å²) < 4.78 is 5.02. The average molecular weight is 437 g/mol. The van der Waals surface area contributed by atoms with E-state index in [1.54, 1.807) is 0 Å². The lowest BCUT2D eigenvalue weighted by Crippen LogP contribution is -2.21. The maximum Gasteiger partial charge on any atom is 0.316 e. The normalized spacial score (nSPS) is 12.2. The van der Waals surface area contributed by atoms with Gasteiger partial charge < -0.3 is 9.53 Å². The van der Waals surface area contributed by atoms with Gasteiger partial charge in [0, 0.05) is 12.8 Å². The second-order valence-corrected chi connectivity index (χ2v) is 8.71. The van der Waals surface area contributed by atoms with Crippen LogP contribution in [0.3, 0.4) is 0 Å². The SMILES string of the molecule is CCCCCCCCC=CCCCCCCCC(=O)OC(=O)C(CCC=O)CCCC. The number of aldehydes is 1. The molecule has 0 saturated carbocycles. The summed E-state index contributed by atoms with van der Waals surface area (Å²) in [5, 5.41) is 0. The molecule has 1 unspecified atom stereocenters. The smallest absolute Gasteiger partial charge is 0.316 e. The molecular formula is C27H48O4. The van der Waals surface area contributed by atoms with Crippen LogP contribution in [0.25, 0.3) is 0 Å². The van der Waals surface area contributed by atoms with Crippen molar-refractivity contribution in [3.8, 4) is 0 Å². The quantitative estimate of drug-likeness (QED) is 0.0569. The Hall–Kier alpha value is -1.45. The van der Waals surface area contributed by atoms with E-state index in [9.17, 15) is 14.4 Å². The van der Waals surface area contributed by atoms with Crippen molar-refractivity contribution in [2.24, 2.45) is 5.92 Å². The van der Waals surface area contributed by atoms with Gasteiger partial charge in [-0.1, -0.05) is 90.2 Å². The molecule has 0 saturated heterocycles. The lowest BCUT2D eigenvalue weighted by atomic mass is 9.97. The first-order valence-corrected chi connectivity index (χ1v) is 13.0. The van der Waals surface area contributed by atoms with Gasteiger partial charge in [-0.25, -0.2) is 0 Å². The highest BCUT2D eigenvalue weighted by Gasteiger charge is 2.21. The number of rotatable bonds is 22. The highest BCUT2D eigenvalue weighted by molar-refractivity contribution is 5.86. The molecule has 0 spiro atoms. The van der Waals surface area contributed by atoms with Crippen LogP contribution in [0.1, 0.15) is 136 Å². The van der Waals surface area contributed by atoms with Gasteiger partial charge in [-0.15, -0.1) is 0 Å². The molecule has 0 heterocycles. The molecule has 0 aliphatic carbocycles. The van der Waals surface area contributed by atoms with Crippen molar-refractivity contribution in [1.29, 1.82) is 0 Å². The van der Waals surface area contributed by atoms with Gasteiger partial charge in [0.05, 0.1) is 5.92 Å². The van der Waals surface area contributed by atoms with Crippen molar-refractivity contribution in [2.45, 2.75) is 136 Å². The average Bonchev–Trinajstić information content (AvgIpc) is 2.76. The van der Waals surface area contributed by atoms with Crippen LogP contribution in [0.15, 0.2) is 12.2 Å². The van der Waals surface area contributed by atoms with Crippen molar-refractivity contribution >= 4 is 18.2 Å². The molecule has 0 rings (SSSR count). The Morgan fingerprint density at radius 2 is 1.23 bits per heavy atom. The standard InChI is InChI=1S/C27H48O4/c1-3-5-7-8-9-10-11-12-13-14-15-16-17-18-19-23-26(29)31-27(30)25(21-6-4-2)22-20-24-28/h12-13,24-25H,3-11,14-23H2,1-2H3. The molecule has 4 heteroatoms. The van der Waals surface area contributed by atoms with Crippen LogP contribution in [0.4, 0.5) is 0 Å². The molecule has 180 valence electrons. The lowest BCUT2D eigenvalue weighted by molar-refractivity contribution is -0.163. The third-order valence-corrected chi connectivity index (χ3v) is 5.73. The summed E-state index contributed by atoms with van der Waals surface area (Å²) in [5.74, 6) is -1.20. The largest absolute Gasteiger partial charge is 0.393 e. The zero-order chi connectivity index (χ0) is 23.0. The highest BCUT2D eigenvalue weighted by atomic mass is 16.6. The molecule has 0 aromatic carbocycles. The minimum Gasteiger partial charge on any atom is -0.393 e. The van der Waals surface area contributed by atoms with Crippen LogP contribution in [0.2, 0.25) is 0 Å². The van der Waals surface area contributed by atoms with Gasteiger partial charge in [-0.2, -0.15) is 0 Å². The van der Waals surface area contributed by atoms with E-state index in [1.807, 2.05) is 0 Å². The van der Waals surface area contributed by atoms with Crippen molar-refractivity contribution in [2.75, 3.05) is 0 Å². The Bertz CT molecular complexity index is 470. The molecule has 0 aromatic heterocycles. The van der Waals surface area contributed by atoms with E-state index in [0.717, 1.165) is 44.8 Å².